The molecular formula is C18H17N3. The molecule has 0 unspecified atom stereocenters. The van der Waals surface area contributed by atoms with Crippen molar-refractivity contribution in [2.75, 3.05) is 0 Å². The molecule has 2 aromatic heterocycles. The Labute approximate surface area is 124 Å². The number of pyridine rings is 1. The fraction of sp³-hybridized carbons (Fsp3) is 0.222. The first-order valence-corrected chi connectivity index (χ1v) is 7.17. The number of hydrogen-bond donors (Lipinski definition) is 0. The summed E-state index contributed by atoms with van der Waals surface area (Å²) in [6, 6.07) is 16.7. The first-order chi connectivity index (χ1) is 10.2. The van der Waals surface area contributed by atoms with Crippen LogP contribution in [0.1, 0.15) is 35.1 Å². The maximum Gasteiger partial charge on any atom is 0.148 e. The van der Waals surface area contributed by atoms with Gasteiger partial charge in [-0.2, -0.15) is 5.26 Å². The lowest BCUT2D eigenvalue weighted by Crippen LogP contribution is -1.96. The first kappa shape index (κ1) is 13.4. The van der Waals surface area contributed by atoms with Crippen LogP contribution in [-0.2, 0) is 12.8 Å². The van der Waals surface area contributed by atoms with Crippen LogP contribution in [0.3, 0.4) is 0 Å². The molecule has 0 aliphatic carbocycles. The Kier molecular flexibility index (Phi) is 3.45. The lowest BCUT2D eigenvalue weighted by molar-refractivity contribution is 1.05. The Bertz CT molecular complexity index is 820. The maximum atomic E-state index is 9.48. The summed E-state index contributed by atoms with van der Waals surface area (Å²) in [5.41, 5.74) is 5.87. The van der Waals surface area contributed by atoms with Crippen molar-refractivity contribution in [3.05, 3.63) is 70.7 Å². The molecule has 0 bridgehead atoms. The molecule has 0 atom stereocenters. The summed E-state index contributed by atoms with van der Waals surface area (Å²) < 4.78 is 1.93. The summed E-state index contributed by atoms with van der Waals surface area (Å²) in [4.78, 5) is 4.62. The number of fused-ring (bicyclic) bond motifs is 1. The van der Waals surface area contributed by atoms with E-state index in [4.69, 9.17) is 0 Å². The first-order valence-electron chi connectivity index (χ1n) is 7.17. The zero-order valence-electron chi connectivity index (χ0n) is 12.3. The molecule has 0 N–H and O–H groups in total. The smallest absolute Gasteiger partial charge is 0.148 e. The van der Waals surface area contributed by atoms with Gasteiger partial charge in [0.15, 0.2) is 0 Å². The van der Waals surface area contributed by atoms with Crippen LogP contribution >= 0.6 is 0 Å². The van der Waals surface area contributed by atoms with Gasteiger partial charge in [-0.1, -0.05) is 37.3 Å². The highest BCUT2D eigenvalue weighted by Crippen LogP contribution is 2.18. The van der Waals surface area contributed by atoms with Crippen molar-refractivity contribution >= 4 is 5.65 Å². The molecule has 104 valence electrons. The molecule has 0 spiro atoms. The number of nitrogens with zero attached hydrogens (tertiary/aromatic N) is 3. The average molecular weight is 275 g/mol. The molecule has 0 aliphatic rings. The normalized spacial score (nSPS) is 10.7. The standard InChI is InChI=1S/C18H17N3/c1-3-14-7-9-15(10-8-14)11-16-17(12-19)21-13(2)5-4-6-18(21)20-16/h4-10H,3,11H2,1-2H3. The van der Waals surface area contributed by atoms with Crippen molar-refractivity contribution in [3.63, 3.8) is 0 Å². The van der Waals surface area contributed by atoms with E-state index in [1.165, 1.54) is 11.1 Å². The van der Waals surface area contributed by atoms with E-state index >= 15 is 0 Å². The van der Waals surface area contributed by atoms with Gasteiger partial charge in [-0.3, -0.25) is 4.40 Å². The van der Waals surface area contributed by atoms with Crippen LogP contribution in [0, 0.1) is 18.3 Å². The molecule has 2 heterocycles. The van der Waals surface area contributed by atoms with Crippen LogP contribution in [0.5, 0.6) is 0 Å². The maximum absolute atomic E-state index is 9.48. The number of aryl methyl sites for hydroxylation is 2. The highest BCUT2D eigenvalue weighted by Gasteiger charge is 2.13. The van der Waals surface area contributed by atoms with E-state index in [0.717, 1.165) is 23.5 Å². The van der Waals surface area contributed by atoms with Gasteiger partial charge < -0.3 is 0 Å². The summed E-state index contributed by atoms with van der Waals surface area (Å²) in [6.45, 7) is 4.14. The molecule has 0 fully saturated rings. The lowest BCUT2D eigenvalue weighted by Gasteiger charge is -2.02. The molecule has 0 saturated heterocycles. The number of aromatic nitrogens is 2. The Hall–Kier alpha value is -2.60. The molecule has 0 amide bonds. The second-order valence-electron chi connectivity index (χ2n) is 5.23. The number of nitriles is 1. The molecule has 21 heavy (non-hydrogen) atoms. The van der Waals surface area contributed by atoms with Crippen LogP contribution in [0.15, 0.2) is 42.5 Å². The van der Waals surface area contributed by atoms with E-state index in [-0.39, 0.29) is 0 Å². The van der Waals surface area contributed by atoms with Crippen LogP contribution in [0.2, 0.25) is 0 Å². The van der Waals surface area contributed by atoms with Crippen molar-refractivity contribution < 1.29 is 0 Å². The summed E-state index contributed by atoms with van der Waals surface area (Å²) in [5, 5.41) is 9.48. The second-order valence-corrected chi connectivity index (χ2v) is 5.23. The average Bonchev–Trinajstić information content (AvgIpc) is 2.86. The van der Waals surface area contributed by atoms with E-state index in [1.54, 1.807) is 0 Å². The molecule has 3 nitrogen and oxygen atoms in total. The second kappa shape index (κ2) is 5.41. The van der Waals surface area contributed by atoms with Gasteiger partial charge in [0.2, 0.25) is 0 Å². The van der Waals surface area contributed by atoms with Gasteiger partial charge in [0, 0.05) is 12.1 Å². The Morgan fingerprint density at radius 1 is 1.10 bits per heavy atom. The Morgan fingerprint density at radius 2 is 1.81 bits per heavy atom. The van der Waals surface area contributed by atoms with Gasteiger partial charge in [-0.05, 0) is 36.6 Å². The van der Waals surface area contributed by atoms with E-state index in [2.05, 4.69) is 42.2 Å². The van der Waals surface area contributed by atoms with Crippen LogP contribution in [0.4, 0.5) is 0 Å². The molecule has 3 heteroatoms. The quantitative estimate of drug-likeness (QED) is 0.732. The molecule has 0 saturated carbocycles. The van der Waals surface area contributed by atoms with Gasteiger partial charge in [-0.15, -0.1) is 0 Å². The van der Waals surface area contributed by atoms with E-state index in [1.807, 2.05) is 29.5 Å². The number of hydrogen-bond acceptors (Lipinski definition) is 2. The zero-order chi connectivity index (χ0) is 14.8. The minimum atomic E-state index is 0.641. The van der Waals surface area contributed by atoms with E-state index in [0.29, 0.717) is 12.1 Å². The van der Waals surface area contributed by atoms with Gasteiger partial charge in [0.05, 0.1) is 5.69 Å². The zero-order valence-corrected chi connectivity index (χ0v) is 12.3. The summed E-state index contributed by atoms with van der Waals surface area (Å²) in [5.74, 6) is 0. The Morgan fingerprint density at radius 3 is 2.48 bits per heavy atom. The minimum Gasteiger partial charge on any atom is -0.288 e. The topological polar surface area (TPSA) is 41.1 Å². The van der Waals surface area contributed by atoms with Crippen molar-refractivity contribution in [2.24, 2.45) is 0 Å². The summed E-state index contributed by atoms with van der Waals surface area (Å²) in [6.07, 6.45) is 1.73. The number of rotatable bonds is 3. The summed E-state index contributed by atoms with van der Waals surface area (Å²) >= 11 is 0. The lowest BCUT2D eigenvalue weighted by atomic mass is 10.1. The van der Waals surface area contributed by atoms with Crippen molar-refractivity contribution in [1.82, 2.24) is 9.38 Å². The molecule has 1 aromatic carbocycles. The third-order valence-corrected chi connectivity index (χ3v) is 3.82. The third-order valence-electron chi connectivity index (χ3n) is 3.82. The van der Waals surface area contributed by atoms with Gasteiger partial charge in [0.25, 0.3) is 0 Å². The van der Waals surface area contributed by atoms with Crippen molar-refractivity contribution in [2.45, 2.75) is 26.7 Å². The molecular weight excluding hydrogens is 258 g/mol. The van der Waals surface area contributed by atoms with Gasteiger partial charge >= 0.3 is 0 Å². The molecule has 3 aromatic rings. The van der Waals surface area contributed by atoms with Crippen LogP contribution < -0.4 is 0 Å². The third kappa shape index (κ3) is 2.41. The van der Waals surface area contributed by atoms with E-state index in [9.17, 15) is 5.26 Å². The summed E-state index contributed by atoms with van der Waals surface area (Å²) in [7, 11) is 0. The van der Waals surface area contributed by atoms with Crippen LogP contribution in [-0.4, -0.2) is 9.38 Å². The van der Waals surface area contributed by atoms with Crippen molar-refractivity contribution in [1.29, 1.82) is 5.26 Å². The molecule has 0 radical (unpaired) electrons. The van der Waals surface area contributed by atoms with Gasteiger partial charge in [-0.25, -0.2) is 4.98 Å². The van der Waals surface area contributed by atoms with E-state index < -0.39 is 0 Å². The predicted octanol–water partition coefficient (Wildman–Crippen LogP) is 3.67. The monoisotopic (exact) mass is 275 g/mol. The predicted molar refractivity (Wildman–Crippen MR) is 83.3 cm³/mol. The SMILES string of the molecule is CCc1ccc(Cc2nc3cccc(C)n3c2C#N)cc1. The van der Waals surface area contributed by atoms with Gasteiger partial charge in [0.1, 0.15) is 17.4 Å². The van der Waals surface area contributed by atoms with Crippen LogP contribution in [0.25, 0.3) is 5.65 Å². The minimum absolute atomic E-state index is 0.641. The molecule has 0 aliphatic heterocycles. The largest absolute Gasteiger partial charge is 0.288 e. The number of imidazole rings is 1. The van der Waals surface area contributed by atoms with Crippen molar-refractivity contribution in [3.8, 4) is 6.07 Å². The Balaban J connectivity index is 2.04. The molecule has 3 rings (SSSR count). The number of benzene rings is 1. The highest BCUT2D eigenvalue weighted by atomic mass is 15.0. The fourth-order valence-electron chi connectivity index (χ4n) is 2.63. The fourth-order valence-corrected chi connectivity index (χ4v) is 2.63. The highest BCUT2D eigenvalue weighted by molar-refractivity contribution is 5.50.